The monoisotopic (exact) mass is 545 g/mol. The zero-order valence-electron chi connectivity index (χ0n) is 20.9. The van der Waals surface area contributed by atoms with Gasteiger partial charge in [-0.2, -0.15) is 5.26 Å². The van der Waals surface area contributed by atoms with Gasteiger partial charge in [0.05, 0.1) is 15.6 Å². The Morgan fingerprint density at radius 3 is 2.50 bits per heavy atom. The molecule has 0 bridgehead atoms. The van der Waals surface area contributed by atoms with Gasteiger partial charge in [0, 0.05) is 60.8 Å². The molecule has 1 fully saturated rings. The zero-order valence-corrected chi connectivity index (χ0v) is 22.4. The number of imidazole rings is 1. The second-order valence-electron chi connectivity index (χ2n) is 9.37. The average molecular weight is 546 g/mol. The van der Waals surface area contributed by atoms with Crippen LogP contribution in [0.5, 0.6) is 5.88 Å². The number of aromatic nitrogens is 3. The lowest BCUT2D eigenvalue weighted by Crippen LogP contribution is -2.32. The number of nitriles is 1. The lowest BCUT2D eigenvalue weighted by atomic mass is 9.86. The molecule has 5 rings (SSSR count). The molecule has 0 saturated carbocycles. The van der Waals surface area contributed by atoms with Gasteiger partial charge in [0.2, 0.25) is 5.88 Å². The van der Waals surface area contributed by atoms with Crippen molar-refractivity contribution in [1.29, 1.82) is 5.26 Å². The summed E-state index contributed by atoms with van der Waals surface area (Å²) < 4.78 is 8.15. The maximum Gasteiger partial charge on any atom is 0.253 e. The molecule has 2 aromatic heterocycles. The van der Waals surface area contributed by atoms with Crippen LogP contribution < -0.4 is 4.74 Å². The Morgan fingerprint density at radius 2 is 1.87 bits per heavy atom. The fourth-order valence-electron chi connectivity index (χ4n) is 4.96. The summed E-state index contributed by atoms with van der Waals surface area (Å²) in [6.07, 6.45) is 4.86. The Bertz CT molecular complexity index is 1490. The highest BCUT2D eigenvalue weighted by molar-refractivity contribution is 6.42. The standard InChI is InChI=1S/C29H25Cl2N5O2/c1-18(38-28-10-3-20(14-32)15-34-28)24-16-35(17-25(24)22-6-9-26(30)27(31)13-22)29(37)21-4-7-23(8-5-21)36-12-11-33-19(36)2/h3-13,15,18,24-25H,16-17H2,1-2H3/t18-,24?,25+/m0/s1. The minimum Gasteiger partial charge on any atom is -0.474 e. The molecule has 7 nitrogen and oxygen atoms in total. The highest BCUT2D eigenvalue weighted by atomic mass is 35.5. The van der Waals surface area contributed by atoms with Gasteiger partial charge < -0.3 is 14.2 Å². The van der Waals surface area contributed by atoms with E-state index in [9.17, 15) is 4.79 Å². The van der Waals surface area contributed by atoms with Crippen LogP contribution >= 0.6 is 23.2 Å². The van der Waals surface area contributed by atoms with Gasteiger partial charge >= 0.3 is 0 Å². The number of amides is 1. The summed E-state index contributed by atoms with van der Waals surface area (Å²) in [5.74, 6) is 1.22. The summed E-state index contributed by atoms with van der Waals surface area (Å²) in [7, 11) is 0. The van der Waals surface area contributed by atoms with E-state index in [1.807, 2.05) is 65.9 Å². The third kappa shape index (κ3) is 5.24. The third-order valence-corrected chi connectivity index (χ3v) is 7.76. The highest BCUT2D eigenvalue weighted by Crippen LogP contribution is 2.38. The molecule has 1 unspecified atom stereocenters. The molecular weight excluding hydrogens is 521 g/mol. The average Bonchev–Trinajstić information content (AvgIpc) is 3.57. The predicted octanol–water partition coefficient (Wildman–Crippen LogP) is 6.08. The Balaban J connectivity index is 1.39. The summed E-state index contributed by atoms with van der Waals surface area (Å²) >= 11 is 12.5. The van der Waals surface area contributed by atoms with E-state index in [2.05, 4.69) is 16.0 Å². The van der Waals surface area contributed by atoms with Crippen molar-refractivity contribution in [3.8, 4) is 17.6 Å². The van der Waals surface area contributed by atoms with Crippen LogP contribution in [0.1, 0.15) is 40.2 Å². The van der Waals surface area contributed by atoms with Crippen molar-refractivity contribution >= 4 is 29.1 Å². The number of benzene rings is 2. The van der Waals surface area contributed by atoms with E-state index in [0.29, 0.717) is 40.1 Å². The van der Waals surface area contributed by atoms with Crippen molar-refractivity contribution in [3.63, 3.8) is 0 Å². The number of hydrogen-bond acceptors (Lipinski definition) is 5. The summed E-state index contributed by atoms with van der Waals surface area (Å²) in [4.78, 5) is 24.0. The summed E-state index contributed by atoms with van der Waals surface area (Å²) in [6.45, 7) is 4.93. The van der Waals surface area contributed by atoms with Gasteiger partial charge in [0.15, 0.2) is 0 Å². The molecule has 192 valence electrons. The summed E-state index contributed by atoms with van der Waals surface area (Å²) in [6, 6.07) is 18.6. The largest absolute Gasteiger partial charge is 0.474 e. The Labute approximate surface area is 231 Å². The molecule has 3 heterocycles. The van der Waals surface area contributed by atoms with Crippen molar-refractivity contribution in [3.05, 3.63) is 106 Å². The topological polar surface area (TPSA) is 84.0 Å². The molecular formula is C29H25Cl2N5O2. The number of hydrogen-bond donors (Lipinski definition) is 0. The van der Waals surface area contributed by atoms with Crippen molar-refractivity contribution in [2.24, 2.45) is 5.92 Å². The van der Waals surface area contributed by atoms with Crippen molar-refractivity contribution in [2.75, 3.05) is 13.1 Å². The van der Waals surface area contributed by atoms with Gasteiger partial charge in [-0.15, -0.1) is 0 Å². The molecule has 38 heavy (non-hydrogen) atoms. The number of rotatable bonds is 6. The van der Waals surface area contributed by atoms with Crippen LogP contribution in [0.25, 0.3) is 5.69 Å². The molecule has 9 heteroatoms. The second-order valence-corrected chi connectivity index (χ2v) is 10.2. The first kappa shape index (κ1) is 25.8. The van der Waals surface area contributed by atoms with Gasteiger partial charge in [0.25, 0.3) is 5.91 Å². The molecule has 1 amide bonds. The number of aryl methyl sites for hydroxylation is 1. The van der Waals surface area contributed by atoms with E-state index in [1.54, 1.807) is 24.4 Å². The predicted molar refractivity (Wildman–Crippen MR) is 146 cm³/mol. The third-order valence-electron chi connectivity index (χ3n) is 7.02. The molecule has 0 spiro atoms. The molecule has 1 aliphatic rings. The van der Waals surface area contributed by atoms with Crippen molar-refractivity contribution in [1.82, 2.24) is 19.4 Å². The number of carbonyl (C=O) groups is 1. The van der Waals surface area contributed by atoms with Crippen LogP contribution in [0.2, 0.25) is 10.0 Å². The number of halogens is 2. The second kappa shape index (κ2) is 10.9. The van der Waals surface area contributed by atoms with Crippen LogP contribution in [0.4, 0.5) is 0 Å². The van der Waals surface area contributed by atoms with E-state index >= 15 is 0 Å². The number of ether oxygens (including phenoxy) is 1. The van der Waals surface area contributed by atoms with E-state index in [1.165, 1.54) is 6.20 Å². The minimum atomic E-state index is -0.265. The van der Waals surface area contributed by atoms with E-state index in [-0.39, 0.29) is 23.8 Å². The SMILES string of the molecule is Cc1nccn1-c1ccc(C(=O)N2CC([C@H](C)Oc3ccc(C#N)cn3)[C@@H](c3ccc(Cl)c(Cl)c3)C2)cc1. The Morgan fingerprint density at radius 1 is 1.08 bits per heavy atom. The number of likely N-dealkylation sites (tertiary alicyclic amines) is 1. The van der Waals surface area contributed by atoms with E-state index in [4.69, 9.17) is 33.2 Å². The van der Waals surface area contributed by atoms with E-state index in [0.717, 1.165) is 17.1 Å². The molecule has 0 aliphatic carbocycles. The van der Waals surface area contributed by atoms with Crippen LogP contribution in [-0.2, 0) is 0 Å². The normalized spacial score (nSPS) is 17.7. The quantitative estimate of drug-likeness (QED) is 0.293. The lowest BCUT2D eigenvalue weighted by Gasteiger charge is -2.25. The Kier molecular flexibility index (Phi) is 7.37. The molecule has 0 N–H and O–H groups in total. The fraction of sp³-hybridized carbons (Fsp3) is 0.241. The van der Waals surface area contributed by atoms with Crippen molar-refractivity contribution < 1.29 is 9.53 Å². The van der Waals surface area contributed by atoms with Gasteiger partial charge in [-0.3, -0.25) is 4.79 Å². The Hall–Kier alpha value is -3.86. The first-order valence-corrected chi connectivity index (χ1v) is 13.0. The van der Waals surface area contributed by atoms with Gasteiger partial charge in [-0.1, -0.05) is 29.3 Å². The number of nitrogens with zero attached hydrogens (tertiary/aromatic N) is 5. The molecule has 3 atom stereocenters. The first-order chi connectivity index (χ1) is 18.3. The minimum absolute atomic E-state index is 0.0185. The first-order valence-electron chi connectivity index (χ1n) is 12.2. The van der Waals surface area contributed by atoms with E-state index < -0.39 is 0 Å². The smallest absolute Gasteiger partial charge is 0.253 e. The van der Waals surface area contributed by atoms with Gasteiger partial charge in [-0.05, 0) is 61.9 Å². The maximum absolute atomic E-state index is 13.6. The van der Waals surface area contributed by atoms with Crippen LogP contribution in [0.3, 0.4) is 0 Å². The van der Waals surface area contributed by atoms with Crippen LogP contribution in [0.15, 0.2) is 73.2 Å². The molecule has 2 aromatic carbocycles. The fourth-order valence-corrected chi connectivity index (χ4v) is 5.26. The van der Waals surface area contributed by atoms with Gasteiger partial charge in [-0.25, -0.2) is 9.97 Å². The maximum atomic E-state index is 13.6. The molecule has 4 aromatic rings. The van der Waals surface area contributed by atoms with Crippen LogP contribution in [0, 0.1) is 24.2 Å². The highest BCUT2D eigenvalue weighted by Gasteiger charge is 2.40. The summed E-state index contributed by atoms with van der Waals surface area (Å²) in [5.41, 5.74) is 3.02. The molecule has 1 aliphatic heterocycles. The lowest BCUT2D eigenvalue weighted by molar-refractivity contribution is 0.0769. The molecule has 1 saturated heterocycles. The van der Waals surface area contributed by atoms with Crippen LogP contribution in [-0.4, -0.2) is 44.5 Å². The van der Waals surface area contributed by atoms with Crippen molar-refractivity contribution in [2.45, 2.75) is 25.9 Å². The number of pyridine rings is 1. The zero-order chi connectivity index (χ0) is 26.8. The summed E-state index contributed by atoms with van der Waals surface area (Å²) in [5, 5.41) is 10.00. The van der Waals surface area contributed by atoms with Gasteiger partial charge in [0.1, 0.15) is 18.0 Å². The number of carbonyl (C=O) groups excluding carboxylic acids is 1. The molecule has 0 radical (unpaired) electrons.